The molecule has 0 N–H and O–H groups in total. The Bertz CT molecular complexity index is 232. The molecular formula is C16H36Br2Si2. The zero-order valence-electron chi connectivity index (χ0n) is 14.9. The number of unbranched alkanes of at least 4 members (excludes halogenated alkanes) is 1. The average molecular weight is 444 g/mol. The van der Waals surface area contributed by atoms with Crippen molar-refractivity contribution in [3.05, 3.63) is 0 Å². The molecule has 0 bridgehead atoms. The van der Waals surface area contributed by atoms with Crippen molar-refractivity contribution in [1.29, 1.82) is 0 Å². The van der Waals surface area contributed by atoms with Gasteiger partial charge >= 0.3 is 0 Å². The summed E-state index contributed by atoms with van der Waals surface area (Å²) in [7, 11) is 0. The van der Waals surface area contributed by atoms with Crippen LogP contribution < -0.4 is 0 Å². The first-order valence-electron chi connectivity index (χ1n) is 8.36. The van der Waals surface area contributed by atoms with Gasteiger partial charge in [0.25, 0.3) is 0 Å². The fraction of sp³-hybridized carbons (Fsp3) is 1.00. The van der Waals surface area contributed by atoms with Crippen LogP contribution in [-0.2, 0) is 0 Å². The van der Waals surface area contributed by atoms with Crippen LogP contribution in [0.5, 0.6) is 0 Å². The summed E-state index contributed by atoms with van der Waals surface area (Å²) in [5.41, 5.74) is 3.35. The highest BCUT2D eigenvalue weighted by Gasteiger charge is 2.39. The van der Waals surface area contributed by atoms with Crippen molar-refractivity contribution in [2.75, 3.05) is 0 Å². The largest absolute Gasteiger partial charge is 0.135 e. The van der Waals surface area contributed by atoms with Crippen LogP contribution in [0.2, 0.25) is 34.3 Å². The topological polar surface area (TPSA) is 0 Å². The zero-order chi connectivity index (χ0) is 16.1. The van der Waals surface area contributed by atoms with E-state index in [0.29, 0.717) is 0 Å². The lowest BCUT2D eigenvalue weighted by atomic mass is 10.4. The molecule has 0 saturated carbocycles. The van der Waals surface area contributed by atoms with E-state index >= 15 is 0 Å². The molecule has 20 heavy (non-hydrogen) atoms. The Balaban J connectivity index is 4.44. The highest BCUT2D eigenvalue weighted by molar-refractivity contribution is 9.26. The van der Waals surface area contributed by atoms with Gasteiger partial charge in [-0.05, 0) is 34.3 Å². The number of halogens is 2. The molecule has 0 amide bonds. The van der Waals surface area contributed by atoms with Crippen LogP contribution in [0.4, 0.5) is 0 Å². The van der Waals surface area contributed by atoms with E-state index in [4.69, 9.17) is 0 Å². The molecule has 0 aromatic rings. The van der Waals surface area contributed by atoms with Gasteiger partial charge in [0.2, 0.25) is 0 Å². The molecule has 0 fully saturated rings. The molecule has 0 nitrogen and oxygen atoms in total. The first-order valence-corrected chi connectivity index (χ1v) is 17.6. The quantitative estimate of drug-likeness (QED) is 0.192. The lowest BCUT2D eigenvalue weighted by Crippen LogP contribution is -2.35. The summed E-state index contributed by atoms with van der Waals surface area (Å²) in [6.07, 6.45) is 2.82. The molecule has 0 heterocycles. The van der Waals surface area contributed by atoms with E-state index in [9.17, 15) is 0 Å². The molecule has 0 atom stereocenters. The minimum absolute atomic E-state index is 0.837. The Kier molecular flexibility index (Phi) is 9.50. The summed E-state index contributed by atoms with van der Waals surface area (Å²) in [5.74, 6) is 0. The van der Waals surface area contributed by atoms with Crippen LogP contribution in [0, 0.1) is 0 Å². The molecule has 0 aromatic heterocycles. The molecule has 122 valence electrons. The van der Waals surface area contributed by atoms with Crippen LogP contribution in [0.1, 0.15) is 68.2 Å². The van der Waals surface area contributed by atoms with E-state index in [0.717, 1.165) is 22.2 Å². The number of hydrogen-bond donors (Lipinski definition) is 0. The highest BCUT2D eigenvalue weighted by Crippen LogP contribution is 2.45. The third-order valence-corrected chi connectivity index (χ3v) is 28.5. The Morgan fingerprint density at radius 1 is 0.550 bits per heavy atom. The number of rotatable bonds is 9. The third-order valence-electron chi connectivity index (χ3n) is 5.21. The summed E-state index contributed by atoms with van der Waals surface area (Å²) in [6, 6.07) is 2.88. The first-order chi connectivity index (χ1) is 8.98. The van der Waals surface area contributed by atoms with Gasteiger partial charge < -0.3 is 0 Å². The van der Waals surface area contributed by atoms with Gasteiger partial charge in [-0.1, -0.05) is 68.2 Å². The predicted octanol–water partition coefficient (Wildman–Crippen LogP) is 8.09. The van der Waals surface area contributed by atoms with Crippen molar-refractivity contribution in [3.63, 3.8) is 0 Å². The minimum Gasteiger partial charge on any atom is -0.126 e. The van der Waals surface area contributed by atoms with Gasteiger partial charge in [0.15, 0.2) is 0 Å². The van der Waals surface area contributed by atoms with E-state index in [1.165, 1.54) is 24.9 Å². The summed E-state index contributed by atoms with van der Waals surface area (Å²) in [6.45, 7) is 16.8. The van der Waals surface area contributed by atoms with Crippen molar-refractivity contribution < 1.29 is 0 Å². The second-order valence-corrected chi connectivity index (χ2v) is 25.9. The van der Waals surface area contributed by atoms with Crippen LogP contribution in [0.3, 0.4) is 0 Å². The number of hydrogen-bond acceptors (Lipinski definition) is 0. The van der Waals surface area contributed by atoms with Crippen LogP contribution >= 0.6 is 30.6 Å². The second-order valence-electron chi connectivity index (χ2n) is 7.68. The molecule has 0 radical (unpaired) electrons. The monoisotopic (exact) mass is 442 g/mol. The van der Waals surface area contributed by atoms with Crippen LogP contribution in [0.15, 0.2) is 0 Å². The maximum absolute atomic E-state index is 4.19. The lowest BCUT2D eigenvalue weighted by Gasteiger charge is -2.35. The Morgan fingerprint density at radius 2 is 0.750 bits per heavy atom. The summed E-state index contributed by atoms with van der Waals surface area (Å²) >= 11 is 8.38. The molecule has 0 saturated heterocycles. The molecule has 0 aliphatic carbocycles. The maximum Gasteiger partial charge on any atom is 0.135 e. The van der Waals surface area contributed by atoms with E-state index in [-0.39, 0.29) is 0 Å². The fourth-order valence-electron chi connectivity index (χ4n) is 3.28. The lowest BCUT2D eigenvalue weighted by molar-refractivity contribution is 0.797. The fourth-order valence-corrected chi connectivity index (χ4v) is 11.5. The average Bonchev–Trinajstić information content (AvgIpc) is 2.32. The van der Waals surface area contributed by atoms with Crippen LogP contribution in [0.25, 0.3) is 0 Å². The van der Waals surface area contributed by atoms with E-state index < -0.39 is 13.4 Å². The van der Waals surface area contributed by atoms with Crippen molar-refractivity contribution in [3.8, 4) is 0 Å². The molecule has 0 aliphatic rings. The van der Waals surface area contributed by atoms with Gasteiger partial charge in [0.05, 0.1) is 0 Å². The van der Waals surface area contributed by atoms with E-state index in [1.54, 1.807) is 0 Å². The Labute approximate surface area is 146 Å². The minimum atomic E-state index is -1.24. The van der Waals surface area contributed by atoms with Gasteiger partial charge in [-0.15, -0.1) is 30.6 Å². The van der Waals surface area contributed by atoms with Crippen molar-refractivity contribution in [1.82, 2.24) is 0 Å². The van der Waals surface area contributed by atoms with E-state index in [2.05, 4.69) is 86.0 Å². The molecule has 0 aromatic carbocycles. The Hall–Kier alpha value is 1.39. The summed E-state index contributed by atoms with van der Waals surface area (Å²) < 4.78 is 0. The molecular weight excluding hydrogens is 408 g/mol. The van der Waals surface area contributed by atoms with E-state index in [1.807, 2.05) is 0 Å². The SMILES string of the molecule is CC(C)[Si](Br)(CCCC[Si](Br)(C(C)C)C(C)C)C(C)C. The molecule has 4 heteroatoms. The first kappa shape index (κ1) is 21.4. The normalized spacial score (nSPS) is 14.1. The van der Waals surface area contributed by atoms with Gasteiger partial charge in [-0.2, -0.15) is 0 Å². The Morgan fingerprint density at radius 3 is 0.900 bits per heavy atom. The molecule has 0 unspecified atom stereocenters. The van der Waals surface area contributed by atoms with Gasteiger partial charge in [0.1, 0.15) is 13.4 Å². The predicted molar refractivity (Wildman–Crippen MR) is 109 cm³/mol. The van der Waals surface area contributed by atoms with Crippen LogP contribution in [-0.4, -0.2) is 13.4 Å². The summed E-state index contributed by atoms with van der Waals surface area (Å²) in [4.78, 5) is 0. The molecule has 0 rings (SSSR count). The van der Waals surface area contributed by atoms with Gasteiger partial charge in [-0.25, -0.2) is 0 Å². The summed E-state index contributed by atoms with van der Waals surface area (Å²) in [5, 5.41) is 0. The van der Waals surface area contributed by atoms with Gasteiger partial charge in [0, 0.05) is 0 Å². The van der Waals surface area contributed by atoms with Crippen molar-refractivity contribution >= 4 is 44.0 Å². The third kappa shape index (κ3) is 5.55. The smallest absolute Gasteiger partial charge is 0.126 e. The van der Waals surface area contributed by atoms with Crippen molar-refractivity contribution in [2.24, 2.45) is 0 Å². The molecule has 0 aliphatic heterocycles. The van der Waals surface area contributed by atoms with Crippen molar-refractivity contribution in [2.45, 2.75) is 102 Å². The highest BCUT2D eigenvalue weighted by atomic mass is 79.9. The zero-order valence-corrected chi connectivity index (χ0v) is 20.1. The molecule has 0 spiro atoms. The van der Waals surface area contributed by atoms with Gasteiger partial charge in [-0.3, -0.25) is 0 Å². The maximum atomic E-state index is 4.19. The second kappa shape index (κ2) is 8.88. The standard InChI is InChI=1S/C16H36Br2Si2/c1-13(2)19(17,14(3)4)11-9-10-12-20(18,15(5)6)16(7)8/h13-16H,9-12H2,1-8H3.